The van der Waals surface area contributed by atoms with Crippen molar-refractivity contribution in [2.24, 2.45) is 0 Å². The van der Waals surface area contributed by atoms with Gasteiger partial charge in [0.1, 0.15) is 5.76 Å². The molecule has 0 spiro atoms. The van der Waals surface area contributed by atoms with E-state index in [9.17, 15) is 8.42 Å². The molecule has 2 heterocycles. The van der Waals surface area contributed by atoms with Crippen LogP contribution in [0, 0.1) is 0 Å². The van der Waals surface area contributed by atoms with Gasteiger partial charge in [-0.15, -0.1) is 0 Å². The minimum absolute atomic E-state index is 0.0506. The van der Waals surface area contributed by atoms with Crippen molar-refractivity contribution in [3.8, 4) is 0 Å². The number of rotatable bonds is 7. The van der Waals surface area contributed by atoms with Crippen molar-refractivity contribution in [2.45, 2.75) is 6.92 Å². The predicted molar refractivity (Wildman–Crippen MR) is 93.2 cm³/mol. The van der Waals surface area contributed by atoms with Crippen LogP contribution in [0.15, 0.2) is 67.4 Å². The number of ether oxygens (including phenoxy) is 1. The highest BCUT2D eigenvalue weighted by Crippen LogP contribution is 2.23. The summed E-state index contributed by atoms with van der Waals surface area (Å²) in [7, 11) is -3.77. The molecule has 0 N–H and O–H groups in total. The maximum atomic E-state index is 12.6. The molecular weight excluding hydrogens is 312 g/mol. The second kappa shape index (κ2) is 6.66. The second-order valence-corrected chi connectivity index (χ2v) is 6.43. The molecule has 0 amide bonds. The first-order valence-corrected chi connectivity index (χ1v) is 8.39. The standard InChI is InChI=1S/C17H18N2O3S/c1-5-8-16(6-2)23(20,21)19-10-9-14-11-15(12-18-17(14)19)13(4)22-7-3/h5-6,8-12H,1-2,4,7H2,3H3/b16-8+. The van der Waals surface area contributed by atoms with E-state index in [0.717, 1.165) is 3.97 Å². The molecule has 0 aliphatic rings. The lowest BCUT2D eigenvalue weighted by molar-refractivity contribution is 0.299. The van der Waals surface area contributed by atoms with E-state index >= 15 is 0 Å². The van der Waals surface area contributed by atoms with Gasteiger partial charge in [-0.25, -0.2) is 17.4 Å². The first-order valence-electron chi connectivity index (χ1n) is 6.95. The van der Waals surface area contributed by atoms with Crippen LogP contribution in [-0.2, 0) is 14.8 Å². The molecule has 0 unspecified atom stereocenters. The third kappa shape index (κ3) is 3.12. The van der Waals surface area contributed by atoms with E-state index in [2.05, 4.69) is 24.7 Å². The van der Waals surface area contributed by atoms with Crippen LogP contribution in [0.3, 0.4) is 0 Å². The van der Waals surface area contributed by atoms with Crippen LogP contribution in [0.4, 0.5) is 0 Å². The van der Waals surface area contributed by atoms with Gasteiger partial charge in [0.15, 0.2) is 5.65 Å². The van der Waals surface area contributed by atoms with Gasteiger partial charge in [0.25, 0.3) is 10.0 Å². The highest BCUT2D eigenvalue weighted by molar-refractivity contribution is 7.94. The molecule has 0 fully saturated rings. The van der Waals surface area contributed by atoms with Crippen molar-refractivity contribution in [1.82, 2.24) is 8.96 Å². The first-order chi connectivity index (χ1) is 11.0. The molecule has 0 atom stereocenters. The third-order valence-corrected chi connectivity index (χ3v) is 4.89. The lowest BCUT2D eigenvalue weighted by Crippen LogP contribution is -2.13. The quantitative estimate of drug-likeness (QED) is 0.576. The van der Waals surface area contributed by atoms with Crippen molar-refractivity contribution in [3.63, 3.8) is 0 Å². The molecule has 0 bridgehead atoms. The summed E-state index contributed by atoms with van der Waals surface area (Å²) in [5.74, 6) is 0.496. The van der Waals surface area contributed by atoms with E-state index in [0.29, 0.717) is 29.0 Å². The Morgan fingerprint density at radius 2 is 2.17 bits per heavy atom. The van der Waals surface area contributed by atoms with Gasteiger partial charge in [-0.2, -0.15) is 0 Å². The molecular formula is C17H18N2O3S. The Hall–Kier alpha value is -2.60. The topological polar surface area (TPSA) is 61.2 Å². The largest absolute Gasteiger partial charge is 0.494 e. The fourth-order valence-electron chi connectivity index (χ4n) is 2.09. The van der Waals surface area contributed by atoms with Crippen LogP contribution < -0.4 is 0 Å². The van der Waals surface area contributed by atoms with E-state index in [1.807, 2.05) is 6.92 Å². The summed E-state index contributed by atoms with van der Waals surface area (Å²) in [6, 6.07) is 3.47. The fourth-order valence-corrected chi connectivity index (χ4v) is 3.40. The van der Waals surface area contributed by atoms with Crippen LogP contribution in [0.25, 0.3) is 16.8 Å². The van der Waals surface area contributed by atoms with E-state index in [1.54, 1.807) is 12.1 Å². The molecule has 23 heavy (non-hydrogen) atoms. The molecule has 0 saturated heterocycles. The molecule has 0 aliphatic heterocycles. The Morgan fingerprint density at radius 1 is 1.43 bits per heavy atom. The monoisotopic (exact) mass is 330 g/mol. The average Bonchev–Trinajstić information content (AvgIpc) is 2.96. The van der Waals surface area contributed by atoms with Gasteiger partial charge in [0, 0.05) is 23.3 Å². The zero-order valence-electron chi connectivity index (χ0n) is 12.9. The third-order valence-electron chi connectivity index (χ3n) is 3.17. The summed E-state index contributed by atoms with van der Waals surface area (Å²) in [5.41, 5.74) is 1.04. The minimum atomic E-state index is -3.77. The molecule has 0 saturated carbocycles. The Kier molecular flexibility index (Phi) is 4.86. The van der Waals surface area contributed by atoms with Crippen LogP contribution >= 0.6 is 0 Å². The van der Waals surface area contributed by atoms with Crippen molar-refractivity contribution in [2.75, 3.05) is 6.61 Å². The molecule has 0 aliphatic carbocycles. The van der Waals surface area contributed by atoms with E-state index < -0.39 is 10.0 Å². The van der Waals surface area contributed by atoms with Crippen LogP contribution in [0.1, 0.15) is 12.5 Å². The summed E-state index contributed by atoms with van der Waals surface area (Å²) in [6.45, 7) is 13.2. The van der Waals surface area contributed by atoms with Crippen LogP contribution in [0.5, 0.6) is 0 Å². The zero-order valence-corrected chi connectivity index (χ0v) is 13.7. The molecule has 120 valence electrons. The highest BCUT2D eigenvalue weighted by Gasteiger charge is 2.20. The van der Waals surface area contributed by atoms with Gasteiger partial charge in [0.2, 0.25) is 0 Å². The number of hydrogen-bond acceptors (Lipinski definition) is 4. The van der Waals surface area contributed by atoms with Gasteiger partial charge in [-0.05, 0) is 31.2 Å². The van der Waals surface area contributed by atoms with Crippen molar-refractivity contribution in [1.29, 1.82) is 0 Å². The summed E-state index contributed by atoms with van der Waals surface area (Å²) < 4.78 is 31.7. The molecule has 6 heteroatoms. The van der Waals surface area contributed by atoms with Gasteiger partial charge >= 0.3 is 0 Å². The summed E-state index contributed by atoms with van der Waals surface area (Å²) in [6.07, 6.45) is 7.06. The zero-order chi connectivity index (χ0) is 17.0. The summed E-state index contributed by atoms with van der Waals surface area (Å²) in [5, 5.41) is 0.675. The molecule has 0 aromatic carbocycles. The summed E-state index contributed by atoms with van der Waals surface area (Å²) in [4.78, 5) is 4.29. The number of pyridine rings is 1. The van der Waals surface area contributed by atoms with Crippen LogP contribution in [0.2, 0.25) is 0 Å². The molecule has 0 radical (unpaired) electrons. The van der Waals surface area contributed by atoms with Crippen LogP contribution in [-0.4, -0.2) is 24.0 Å². The first kappa shape index (κ1) is 16.8. The van der Waals surface area contributed by atoms with E-state index in [4.69, 9.17) is 4.74 Å². The molecule has 5 nitrogen and oxygen atoms in total. The lowest BCUT2D eigenvalue weighted by atomic mass is 10.2. The maximum absolute atomic E-state index is 12.6. The highest BCUT2D eigenvalue weighted by atomic mass is 32.2. The fraction of sp³-hybridized carbons (Fsp3) is 0.118. The molecule has 2 rings (SSSR count). The summed E-state index contributed by atoms with van der Waals surface area (Å²) >= 11 is 0. The number of hydrogen-bond donors (Lipinski definition) is 0. The van der Waals surface area contributed by atoms with Gasteiger partial charge < -0.3 is 4.74 Å². The van der Waals surface area contributed by atoms with Crippen molar-refractivity contribution < 1.29 is 13.2 Å². The normalized spacial score (nSPS) is 12.1. The van der Waals surface area contributed by atoms with Gasteiger partial charge in [-0.3, -0.25) is 0 Å². The minimum Gasteiger partial charge on any atom is -0.494 e. The average molecular weight is 330 g/mol. The number of nitrogens with zero attached hydrogens (tertiary/aromatic N) is 2. The van der Waals surface area contributed by atoms with Gasteiger partial charge in [0.05, 0.1) is 11.5 Å². The Balaban J connectivity index is 2.57. The van der Waals surface area contributed by atoms with E-state index in [1.165, 1.54) is 30.6 Å². The number of aromatic nitrogens is 2. The maximum Gasteiger partial charge on any atom is 0.269 e. The Morgan fingerprint density at radius 3 is 2.78 bits per heavy atom. The molecule has 2 aromatic rings. The Labute approximate surface area is 136 Å². The van der Waals surface area contributed by atoms with Gasteiger partial charge in [-0.1, -0.05) is 25.8 Å². The SMILES string of the molecule is C=C/C=C(\C=C)S(=O)(=O)n1ccc2cc(C(=C)OCC)cnc21. The van der Waals surface area contributed by atoms with Crippen molar-refractivity contribution >= 4 is 26.8 Å². The number of fused-ring (bicyclic) bond motifs is 1. The predicted octanol–water partition coefficient (Wildman–Crippen LogP) is 3.48. The number of allylic oxidation sites excluding steroid dienone is 3. The Bertz CT molecular complexity index is 905. The van der Waals surface area contributed by atoms with E-state index in [-0.39, 0.29) is 4.91 Å². The second-order valence-electron chi connectivity index (χ2n) is 4.62. The smallest absolute Gasteiger partial charge is 0.269 e. The lowest BCUT2D eigenvalue weighted by Gasteiger charge is -2.09. The molecule has 2 aromatic heterocycles. The van der Waals surface area contributed by atoms with Crippen molar-refractivity contribution in [3.05, 3.63) is 73.0 Å².